The third kappa shape index (κ3) is 6.44. The molecule has 0 bridgehead atoms. The highest BCUT2D eigenvalue weighted by Gasteiger charge is 2.15. The summed E-state index contributed by atoms with van der Waals surface area (Å²) in [5.74, 6) is 4.69. The van der Waals surface area contributed by atoms with Gasteiger partial charge in [0.1, 0.15) is 0 Å². The highest BCUT2D eigenvalue weighted by molar-refractivity contribution is 6.04. The summed E-state index contributed by atoms with van der Waals surface area (Å²) in [6.45, 7) is 5.81. The minimum atomic E-state index is -0.378. The first-order valence-electron chi connectivity index (χ1n) is 8.46. The lowest BCUT2D eigenvalue weighted by Crippen LogP contribution is -2.26. The normalized spacial score (nSPS) is 10.4. The van der Waals surface area contributed by atoms with Crippen LogP contribution in [0.2, 0.25) is 0 Å². The van der Waals surface area contributed by atoms with Crippen molar-refractivity contribution in [3.63, 3.8) is 0 Å². The van der Waals surface area contributed by atoms with Crippen molar-refractivity contribution in [2.75, 3.05) is 13.6 Å². The monoisotopic (exact) mass is 355 g/mol. The molecule has 6 heteroatoms. The van der Waals surface area contributed by atoms with Gasteiger partial charge in [-0.05, 0) is 45.4 Å². The minimum absolute atomic E-state index is 0.244. The smallest absolute Gasteiger partial charge is 0.255 e. The Labute approximate surface area is 154 Å². The molecule has 0 saturated heterocycles. The van der Waals surface area contributed by atoms with Gasteiger partial charge in [-0.3, -0.25) is 14.4 Å². The van der Waals surface area contributed by atoms with Crippen molar-refractivity contribution in [1.29, 1.82) is 0 Å². The van der Waals surface area contributed by atoms with E-state index in [4.69, 9.17) is 0 Å². The largest absolute Gasteiger partial charge is 0.355 e. The van der Waals surface area contributed by atoms with Gasteiger partial charge in [0.25, 0.3) is 17.7 Å². The Balaban J connectivity index is 3.06. The highest BCUT2D eigenvalue weighted by Crippen LogP contribution is 2.12. The summed E-state index contributed by atoms with van der Waals surface area (Å²) in [5, 5.41) is 7.93. The summed E-state index contributed by atoms with van der Waals surface area (Å²) in [4.78, 5) is 36.6. The Bertz CT molecular complexity index is 770. The maximum Gasteiger partial charge on any atom is 0.255 e. The highest BCUT2D eigenvalue weighted by atomic mass is 16.2. The molecule has 26 heavy (non-hydrogen) atoms. The molecule has 3 amide bonds. The molecular weight excluding hydrogens is 330 g/mol. The van der Waals surface area contributed by atoms with E-state index in [0.29, 0.717) is 12.2 Å². The SMILES string of the molecule is CC#CCCC=C(C)NC(=O)c1cc(C(=O)NC)cc(C(=O)NCC)c1. The molecule has 138 valence electrons. The molecule has 0 unspecified atom stereocenters. The van der Waals surface area contributed by atoms with Crippen LogP contribution in [0.4, 0.5) is 0 Å². The summed E-state index contributed by atoms with van der Waals surface area (Å²) in [6, 6.07) is 4.40. The molecule has 0 heterocycles. The number of allylic oxidation sites excluding steroid dienone is 2. The predicted molar refractivity (Wildman–Crippen MR) is 102 cm³/mol. The maximum absolute atomic E-state index is 12.5. The Morgan fingerprint density at radius 3 is 2.15 bits per heavy atom. The van der Waals surface area contributed by atoms with Crippen molar-refractivity contribution >= 4 is 17.7 Å². The average molecular weight is 355 g/mol. The number of rotatable bonds is 7. The van der Waals surface area contributed by atoms with Crippen molar-refractivity contribution in [3.8, 4) is 11.8 Å². The minimum Gasteiger partial charge on any atom is -0.355 e. The molecule has 0 fully saturated rings. The Hall–Kier alpha value is -3.07. The van der Waals surface area contributed by atoms with E-state index in [-0.39, 0.29) is 34.4 Å². The molecule has 0 spiro atoms. The molecule has 1 rings (SSSR count). The fourth-order valence-corrected chi connectivity index (χ4v) is 2.22. The number of benzene rings is 1. The van der Waals surface area contributed by atoms with E-state index in [0.717, 1.165) is 12.8 Å². The van der Waals surface area contributed by atoms with E-state index in [1.807, 2.05) is 6.08 Å². The molecule has 0 aliphatic carbocycles. The molecule has 0 saturated carbocycles. The standard InChI is InChI=1S/C20H25N3O3/c1-5-7-8-9-10-14(3)23-20(26)17-12-15(18(24)21-4)11-16(13-17)19(25)22-6-2/h10-13H,6,8-9H2,1-4H3,(H,21,24)(H,22,25)(H,23,26). The molecule has 0 aliphatic rings. The lowest BCUT2D eigenvalue weighted by Gasteiger charge is -2.10. The third-order valence-corrected chi connectivity index (χ3v) is 3.49. The molecular formula is C20H25N3O3. The van der Waals surface area contributed by atoms with Crippen LogP contribution in [0.25, 0.3) is 0 Å². The molecule has 1 aromatic carbocycles. The lowest BCUT2D eigenvalue weighted by atomic mass is 10.0. The van der Waals surface area contributed by atoms with Crippen LogP contribution in [-0.2, 0) is 0 Å². The Kier molecular flexibility index (Phi) is 8.65. The molecule has 6 nitrogen and oxygen atoms in total. The van der Waals surface area contributed by atoms with Crippen LogP contribution in [0.5, 0.6) is 0 Å². The summed E-state index contributed by atoms with van der Waals surface area (Å²) in [7, 11) is 1.49. The Morgan fingerprint density at radius 1 is 1.04 bits per heavy atom. The summed E-state index contributed by atoms with van der Waals surface area (Å²) in [6.07, 6.45) is 3.34. The fraction of sp³-hybridized carbons (Fsp3) is 0.350. The second-order valence-electron chi connectivity index (χ2n) is 5.54. The first-order valence-corrected chi connectivity index (χ1v) is 8.46. The van der Waals surface area contributed by atoms with E-state index in [2.05, 4.69) is 27.8 Å². The molecule has 0 aromatic heterocycles. The van der Waals surface area contributed by atoms with Gasteiger partial charge in [0.15, 0.2) is 0 Å². The van der Waals surface area contributed by atoms with Gasteiger partial charge in [0.05, 0.1) is 0 Å². The quantitative estimate of drug-likeness (QED) is 0.518. The number of carbonyl (C=O) groups excluding carboxylic acids is 3. The maximum atomic E-state index is 12.5. The van der Waals surface area contributed by atoms with Crippen LogP contribution in [0.15, 0.2) is 30.0 Å². The number of unbranched alkanes of at least 4 members (excludes halogenated alkanes) is 1. The van der Waals surface area contributed by atoms with E-state index in [1.54, 1.807) is 20.8 Å². The van der Waals surface area contributed by atoms with E-state index in [1.165, 1.54) is 25.2 Å². The topological polar surface area (TPSA) is 87.3 Å². The van der Waals surface area contributed by atoms with E-state index >= 15 is 0 Å². The van der Waals surface area contributed by atoms with Crippen LogP contribution in [0.1, 0.15) is 64.7 Å². The van der Waals surface area contributed by atoms with Crippen LogP contribution in [0.3, 0.4) is 0 Å². The Morgan fingerprint density at radius 2 is 1.62 bits per heavy atom. The molecule has 3 N–H and O–H groups in total. The zero-order valence-corrected chi connectivity index (χ0v) is 15.7. The molecule has 0 atom stereocenters. The van der Waals surface area contributed by atoms with Gasteiger partial charge >= 0.3 is 0 Å². The molecule has 1 aromatic rings. The van der Waals surface area contributed by atoms with Crippen molar-refractivity contribution in [2.45, 2.75) is 33.6 Å². The van der Waals surface area contributed by atoms with E-state index < -0.39 is 0 Å². The van der Waals surface area contributed by atoms with Gasteiger partial charge in [0.2, 0.25) is 0 Å². The zero-order valence-electron chi connectivity index (χ0n) is 15.7. The van der Waals surface area contributed by atoms with Crippen LogP contribution in [0, 0.1) is 11.8 Å². The average Bonchev–Trinajstić information content (AvgIpc) is 2.64. The van der Waals surface area contributed by atoms with Crippen LogP contribution in [-0.4, -0.2) is 31.3 Å². The predicted octanol–water partition coefficient (Wildman–Crippen LogP) is 2.23. The van der Waals surface area contributed by atoms with E-state index in [9.17, 15) is 14.4 Å². The summed E-state index contributed by atoms with van der Waals surface area (Å²) in [5.41, 5.74) is 1.45. The van der Waals surface area contributed by atoms with Crippen molar-refractivity contribution < 1.29 is 14.4 Å². The van der Waals surface area contributed by atoms with Crippen molar-refractivity contribution in [3.05, 3.63) is 46.7 Å². The summed E-state index contributed by atoms with van der Waals surface area (Å²) < 4.78 is 0. The van der Waals surface area contributed by atoms with Crippen LogP contribution < -0.4 is 16.0 Å². The first-order chi connectivity index (χ1) is 12.4. The number of amides is 3. The van der Waals surface area contributed by atoms with Gasteiger partial charge in [-0.2, -0.15) is 0 Å². The second-order valence-corrected chi connectivity index (χ2v) is 5.54. The number of hydrogen-bond acceptors (Lipinski definition) is 3. The van der Waals surface area contributed by atoms with Gasteiger partial charge in [0, 0.05) is 42.4 Å². The van der Waals surface area contributed by atoms with Crippen molar-refractivity contribution in [1.82, 2.24) is 16.0 Å². The second kappa shape index (κ2) is 10.7. The third-order valence-electron chi connectivity index (χ3n) is 3.49. The first kappa shape index (κ1) is 21.0. The number of carbonyl (C=O) groups is 3. The van der Waals surface area contributed by atoms with Gasteiger partial charge in [-0.15, -0.1) is 11.8 Å². The number of hydrogen-bond donors (Lipinski definition) is 3. The van der Waals surface area contributed by atoms with Crippen molar-refractivity contribution in [2.24, 2.45) is 0 Å². The van der Waals surface area contributed by atoms with Gasteiger partial charge in [-0.1, -0.05) is 6.08 Å². The fourth-order valence-electron chi connectivity index (χ4n) is 2.22. The molecule has 0 radical (unpaired) electrons. The molecule has 0 aliphatic heterocycles. The van der Waals surface area contributed by atoms with Gasteiger partial charge in [-0.25, -0.2) is 0 Å². The lowest BCUT2D eigenvalue weighted by molar-refractivity contribution is 0.0955. The summed E-state index contributed by atoms with van der Waals surface area (Å²) >= 11 is 0. The van der Waals surface area contributed by atoms with Gasteiger partial charge < -0.3 is 16.0 Å². The van der Waals surface area contributed by atoms with Crippen LogP contribution >= 0.6 is 0 Å². The number of nitrogens with one attached hydrogen (secondary N) is 3. The zero-order chi connectivity index (χ0) is 19.5.